The van der Waals surface area contributed by atoms with Crippen LogP contribution in [-0.4, -0.2) is 34.8 Å². The Bertz CT molecular complexity index is 348. The number of hydrogen-bond donors (Lipinski definition) is 1. The maximum Gasteiger partial charge on any atom is 0.247 e. The van der Waals surface area contributed by atoms with E-state index in [0.29, 0.717) is 18.4 Å². The molecule has 1 N–H and O–H groups in total. The SMILES string of the molecule is CCC(CC)N1C(=O)CC(NC(C)C2CCC2)C1=O. The average Bonchev–Trinajstić information content (AvgIpc) is 2.56. The molecular formula is C15H26N2O2. The van der Waals surface area contributed by atoms with Crippen molar-refractivity contribution in [2.24, 2.45) is 5.92 Å². The molecule has 1 heterocycles. The maximum absolute atomic E-state index is 12.4. The number of carbonyl (C=O) groups is 2. The van der Waals surface area contributed by atoms with Gasteiger partial charge in [-0.25, -0.2) is 0 Å². The van der Waals surface area contributed by atoms with Crippen LogP contribution in [0.1, 0.15) is 59.3 Å². The summed E-state index contributed by atoms with van der Waals surface area (Å²) in [5, 5.41) is 3.38. The van der Waals surface area contributed by atoms with Gasteiger partial charge < -0.3 is 5.32 Å². The summed E-state index contributed by atoms with van der Waals surface area (Å²) in [4.78, 5) is 25.9. The van der Waals surface area contributed by atoms with E-state index in [1.54, 1.807) is 0 Å². The lowest BCUT2D eigenvalue weighted by molar-refractivity contribution is -0.141. The zero-order valence-electron chi connectivity index (χ0n) is 12.3. The summed E-state index contributed by atoms with van der Waals surface area (Å²) in [5.41, 5.74) is 0. The number of nitrogens with zero attached hydrogens (tertiary/aromatic N) is 1. The highest BCUT2D eigenvalue weighted by molar-refractivity contribution is 6.05. The van der Waals surface area contributed by atoms with Crippen LogP contribution in [0.3, 0.4) is 0 Å². The Hall–Kier alpha value is -0.900. The van der Waals surface area contributed by atoms with E-state index in [9.17, 15) is 9.59 Å². The van der Waals surface area contributed by atoms with Gasteiger partial charge in [0.1, 0.15) is 0 Å². The summed E-state index contributed by atoms with van der Waals surface area (Å²) in [5.74, 6) is 0.673. The summed E-state index contributed by atoms with van der Waals surface area (Å²) in [6, 6.07) is 0.131. The normalized spacial score (nSPS) is 26.1. The molecule has 2 atom stereocenters. The van der Waals surface area contributed by atoms with Gasteiger partial charge in [0.25, 0.3) is 0 Å². The van der Waals surface area contributed by atoms with Gasteiger partial charge in [0, 0.05) is 12.1 Å². The number of hydrogen-bond acceptors (Lipinski definition) is 3. The molecule has 2 rings (SSSR count). The van der Waals surface area contributed by atoms with Crippen LogP contribution >= 0.6 is 0 Å². The minimum atomic E-state index is -0.288. The lowest BCUT2D eigenvalue weighted by atomic mass is 9.80. The highest BCUT2D eigenvalue weighted by Gasteiger charge is 2.42. The molecule has 2 amide bonds. The standard InChI is InChI=1S/C15H26N2O2/c1-4-12(5-2)17-14(18)9-13(15(17)19)16-10(3)11-7-6-8-11/h10-13,16H,4-9H2,1-3H3. The van der Waals surface area contributed by atoms with Gasteiger partial charge in [-0.2, -0.15) is 0 Å². The predicted octanol–water partition coefficient (Wildman–Crippen LogP) is 2.08. The molecule has 1 aliphatic heterocycles. The van der Waals surface area contributed by atoms with Crippen LogP contribution in [0.15, 0.2) is 0 Å². The largest absolute Gasteiger partial charge is 0.303 e. The minimum Gasteiger partial charge on any atom is -0.303 e. The summed E-state index contributed by atoms with van der Waals surface area (Å²) < 4.78 is 0. The molecule has 2 fully saturated rings. The minimum absolute atomic E-state index is 0.00277. The van der Waals surface area contributed by atoms with Crippen molar-refractivity contribution in [1.29, 1.82) is 0 Å². The monoisotopic (exact) mass is 266 g/mol. The van der Waals surface area contributed by atoms with E-state index >= 15 is 0 Å². The molecule has 1 saturated heterocycles. The molecule has 2 unspecified atom stereocenters. The van der Waals surface area contributed by atoms with Crippen molar-refractivity contribution in [3.05, 3.63) is 0 Å². The first kappa shape index (κ1) is 14.5. The van der Waals surface area contributed by atoms with Crippen molar-refractivity contribution in [2.75, 3.05) is 0 Å². The van der Waals surface area contributed by atoms with Gasteiger partial charge >= 0.3 is 0 Å². The lowest BCUT2D eigenvalue weighted by Crippen LogP contribution is -2.48. The first-order chi connectivity index (χ1) is 9.08. The zero-order chi connectivity index (χ0) is 14.0. The van der Waals surface area contributed by atoms with E-state index in [4.69, 9.17) is 0 Å². The Morgan fingerprint density at radius 3 is 2.37 bits per heavy atom. The predicted molar refractivity (Wildman–Crippen MR) is 74.6 cm³/mol. The Morgan fingerprint density at radius 2 is 1.89 bits per heavy atom. The molecule has 19 heavy (non-hydrogen) atoms. The molecule has 0 aromatic carbocycles. The molecule has 4 nitrogen and oxygen atoms in total. The quantitative estimate of drug-likeness (QED) is 0.749. The van der Waals surface area contributed by atoms with E-state index in [0.717, 1.165) is 12.8 Å². The molecule has 1 aliphatic carbocycles. The van der Waals surface area contributed by atoms with Gasteiger partial charge in [-0.3, -0.25) is 14.5 Å². The van der Waals surface area contributed by atoms with Crippen LogP contribution in [0, 0.1) is 5.92 Å². The molecular weight excluding hydrogens is 240 g/mol. The first-order valence-corrected chi connectivity index (χ1v) is 7.70. The molecule has 0 bridgehead atoms. The Labute approximate surface area is 115 Å². The van der Waals surface area contributed by atoms with Crippen LogP contribution in [0.2, 0.25) is 0 Å². The number of carbonyl (C=O) groups excluding carboxylic acids is 2. The molecule has 0 aromatic rings. The van der Waals surface area contributed by atoms with Gasteiger partial charge in [0.15, 0.2) is 0 Å². The number of imide groups is 1. The molecule has 0 spiro atoms. The van der Waals surface area contributed by atoms with Crippen LogP contribution in [0.5, 0.6) is 0 Å². The first-order valence-electron chi connectivity index (χ1n) is 7.70. The van der Waals surface area contributed by atoms with E-state index < -0.39 is 0 Å². The third kappa shape index (κ3) is 2.83. The lowest BCUT2D eigenvalue weighted by Gasteiger charge is -2.33. The Morgan fingerprint density at radius 1 is 1.26 bits per heavy atom. The number of nitrogens with one attached hydrogen (secondary N) is 1. The number of likely N-dealkylation sites (tertiary alicyclic amines) is 1. The van der Waals surface area contributed by atoms with Crippen LogP contribution in [-0.2, 0) is 9.59 Å². The van der Waals surface area contributed by atoms with Crippen molar-refractivity contribution >= 4 is 11.8 Å². The van der Waals surface area contributed by atoms with Crippen LogP contribution in [0.25, 0.3) is 0 Å². The third-order valence-electron chi connectivity index (χ3n) is 4.81. The van der Waals surface area contributed by atoms with E-state index in [-0.39, 0.29) is 23.9 Å². The highest BCUT2D eigenvalue weighted by atomic mass is 16.2. The smallest absolute Gasteiger partial charge is 0.247 e. The second kappa shape index (κ2) is 6.04. The molecule has 1 saturated carbocycles. The van der Waals surface area contributed by atoms with Crippen molar-refractivity contribution in [3.63, 3.8) is 0 Å². The van der Waals surface area contributed by atoms with Crippen molar-refractivity contribution in [3.8, 4) is 0 Å². The van der Waals surface area contributed by atoms with Crippen molar-refractivity contribution in [2.45, 2.75) is 77.4 Å². The molecule has 0 radical (unpaired) electrons. The molecule has 108 valence electrons. The van der Waals surface area contributed by atoms with E-state index in [1.165, 1.54) is 24.2 Å². The van der Waals surface area contributed by atoms with Gasteiger partial charge in [0.2, 0.25) is 11.8 Å². The Balaban J connectivity index is 1.96. The fourth-order valence-corrected chi connectivity index (χ4v) is 3.21. The van der Waals surface area contributed by atoms with Gasteiger partial charge in [-0.05, 0) is 38.5 Å². The van der Waals surface area contributed by atoms with Crippen molar-refractivity contribution in [1.82, 2.24) is 10.2 Å². The molecule has 0 aromatic heterocycles. The highest BCUT2D eigenvalue weighted by Crippen LogP contribution is 2.30. The topological polar surface area (TPSA) is 49.4 Å². The summed E-state index contributed by atoms with van der Waals surface area (Å²) in [6.07, 6.45) is 5.83. The van der Waals surface area contributed by atoms with E-state index in [1.807, 2.05) is 13.8 Å². The van der Waals surface area contributed by atoms with E-state index in [2.05, 4.69) is 12.2 Å². The summed E-state index contributed by atoms with van der Waals surface area (Å²) in [7, 11) is 0. The third-order valence-corrected chi connectivity index (χ3v) is 4.81. The second-order valence-corrected chi connectivity index (χ2v) is 5.98. The Kier molecular flexibility index (Phi) is 4.61. The van der Waals surface area contributed by atoms with Gasteiger partial charge in [0.05, 0.1) is 12.5 Å². The summed E-state index contributed by atoms with van der Waals surface area (Å²) in [6.45, 7) is 6.21. The summed E-state index contributed by atoms with van der Waals surface area (Å²) >= 11 is 0. The number of rotatable bonds is 6. The fourth-order valence-electron chi connectivity index (χ4n) is 3.21. The maximum atomic E-state index is 12.4. The second-order valence-electron chi connectivity index (χ2n) is 5.98. The molecule has 2 aliphatic rings. The zero-order valence-corrected chi connectivity index (χ0v) is 12.3. The average molecular weight is 266 g/mol. The van der Waals surface area contributed by atoms with Crippen LogP contribution in [0.4, 0.5) is 0 Å². The van der Waals surface area contributed by atoms with Crippen LogP contribution < -0.4 is 5.32 Å². The van der Waals surface area contributed by atoms with Crippen molar-refractivity contribution < 1.29 is 9.59 Å². The van der Waals surface area contributed by atoms with Gasteiger partial charge in [-0.15, -0.1) is 0 Å². The molecule has 4 heteroatoms. The van der Waals surface area contributed by atoms with Gasteiger partial charge in [-0.1, -0.05) is 20.3 Å². The number of amides is 2. The fraction of sp³-hybridized carbons (Fsp3) is 0.867.